The van der Waals surface area contributed by atoms with Gasteiger partial charge in [-0.2, -0.15) is 0 Å². The molecule has 1 aromatic carbocycles. The lowest BCUT2D eigenvalue weighted by Crippen LogP contribution is -1.93. The van der Waals surface area contributed by atoms with Crippen LogP contribution < -0.4 is 0 Å². The van der Waals surface area contributed by atoms with Crippen molar-refractivity contribution in [3.63, 3.8) is 0 Å². The Morgan fingerprint density at radius 3 is 1.80 bits per heavy atom. The van der Waals surface area contributed by atoms with Crippen LogP contribution in [-0.4, -0.2) is 21.1 Å². The number of phenolic OH excluding ortho intramolecular Hbond substituents is 1. The van der Waals surface area contributed by atoms with Crippen molar-refractivity contribution in [3.8, 4) is 5.75 Å². The summed E-state index contributed by atoms with van der Waals surface area (Å²) in [5.41, 5.74) is -0.0159. The maximum Gasteiger partial charge on any atom is 0.303 e. The Labute approximate surface area is 181 Å². The van der Waals surface area contributed by atoms with Gasteiger partial charge in [-0.05, 0) is 44.2 Å². The van der Waals surface area contributed by atoms with Crippen LogP contribution in [0.25, 0.3) is 0 Å². The number of non-ortho nitro benzene ring substituents is 1. The van der Waals surface area contributed by atoms with Gasteiger partial charge < -0.3 is 10.2 Å². The first-order valence-corrected chi connectivity index (χ1v) is 11.3. The smallest absolute Gasteiger partial charge is 0.303 e. The van der Waals surface area contributed by atoms with Gasteiger partial charge in [-0.3, -0.25) is 14.9 Å². The Hall–Kier alpha value is -2.37. The Morgan fingerprint density at radius 1 is 0.867 bits per heavy atom. The molecule has 0 radical (unpaired) electrons. The molecule has 2 N–H and O–H groups in total. The first-order chi connectivity index (χ1) is 14.5. The number of benzene rings is 1. The fraction of sp³-hybridized carbons (Fsp3) is 0.625. The third kappa shape index (κ3) is 19.0. The minimum absolute atomic E-state index is 0.0159. The molecular weight excluding hydrogens is 382 g/mol. The van der Waals surface area contributed by atoms with Crippen molar-refractivity contribution in [2.45, 2.75) is 96.8 Å². The highest BCUT2D eigenvalue weighted by atomic mass is 16.6. The van der Waals surface area contributed by atoms with E-state index in [2.05, 4.69) is 19.1 Å². The van der Waals surface area contributed by atoms with Crippen molar-refractivity contribution in [1.82, 2.24) is 0 Å². The van der Waals surface area contributed by atoms with Crippen molar-refractivity contribution in [3.05, 3.63) is 46.5 Å². The number of hydrogen-bond acceptors (Lipinski definition) is 4. The zero-order valence-corrected chi connectivity index (χ0v) is 18.4. The molecular formula is C24H39NO5. The number of nitrogens with zero attached hydrogens (tertiary/aromatic N) is 1. The van der Waals surface area contributed by atoms with Crippen LogP contribution in [-0.2, 0) is 4.79 Å². The first-order valence-electron chi connectivity index (χ1n) is 11.3. The number of allylic oxidation sites excluding steroid dienone is 2. The third-order valence-corrected chi connectivity index (χ3v) is 4.71. The van der Waals surface area contributed by atoms with E-state index in [-0.39, 0.29) is 11.4 Å². The number of nitro benzene ring substituents is 1. The van der Waals surface area contributed by atoms with Crippen LogP contribution in [0.15, 0.2) is 36.4 Å². The molecule has 1 aromatic rings. The maximum atomic E-state index is 10.3. The number of hydrogen-bond donors (Lipinski definition) is 2. The van der Waals surface area contributed by atoms with Gasteiger partial charge in [-0.25, -0.2) is 0 Å². The zero-order chi connectivity index (χ0) is 22.5. The molecule has 0 atom stereocenters. The van der Waals surface area contributed by atoms with E-state index < -0.39 is 10.9 Å². The minimum atomic E-state index is -0.664. The van der Waals surface area contributed by atoms with E-state index in [1.54, 1.807) is 0 Å². The highest BCUT2D eigenvalue weighted by Crippen LogP contribution is 2.15. The Balaban J connectivity index is 0.000000696. The second-order valence-electron chi connectivity index (χ2n) is 7.50. The fourth-order valence-corrected chi connectivity index (χ4v) is 2.92. The van der Waals surface area contributed by atoms with E-state index in [1.807, 2.05) is 0 Å². The number of unbranched alkanes of at least 4 members (excludes halogenated alkanes) is 11. The molecule has 6 nitrogen and oxygen atoms in total. The van der Waals surface area contributed by atoms with Gasteiger partial charge in [0, 0.05) is 18.6 Å². The van der Waals surface area contributed by atoms with Crippen molar-refractivity contribution in [2.24, 2.45) is 0 Å². The summed E-state index contributed by atoms with van der Waals surface area (Å²) in [6.07, 6.45) is 21.2. The van der Waals surface area contributed by atoms with Crippen LogP contribution in [0, 0.1) is 10.1 Å². The van der Waals surface area contributed by atoms with Crippen LogP contribution >= 0.6 is 0 Å². The van der Waals surface area contributed by atoms with E-state index in [0.29, 0.717) is 6.42 Å². The second-order valence-corrected chi connectivity index (χ2v) is 7.50. The normalized spacial score (nSPS) is 10.6. The predicted octanol–water partition coefficient (Wildman–Crippen LogP) is 7.41. The Bertz CT molecular complexity index is 584. The van der Waals surface area contributed by atoms with E-state index in [1.165, 1.54) is 94.9 Å². The number of rotatable bonds is 16. The molecule has 0 aliphatic heterocycles. The van der Waals surface area contributed by atoms with Crippen molar-refractivity contribution < 1.29 is 19.9 Å². The summed E-state index contributed by atoms with van der Waals surface area (Å²) in [6.45, 7) is 2.26. The molecule has 0 spiro atoms. The molecule has 0 amide bonds. The first kappa shape index (κ1) is 27.6. The van der Waals surface area contributed by atoms with Crippen molar-refractivity contribution >= 4 is 11.7 Å². The molecule has 1 rings (SSSR count). The third-order valence-electron chi connectivity index (χ3n) is 4.71. The summed E-state index contributed by atoms with van der Waals surface area (Å²) in [5, 5.41) is 27.3. The predicted molar refractivity (Wildman–Crippen MR) is 122 cm³/mol. The van der Waals surface area contributed by atoms with Crippen molar-refractivity contribution in [1.29, 1.82) is 0 Å². The summed E-state index contributed by atoms with van der Waals surface area (Å²) >= 11 is 0. The van der Waals surface area contributed by atoms with Gasteiger partial charge in [0.1, 0.15) is 5.75 Å². The average molecular weight is 422 g/mol. The summed E-state index contributed by atoms with van der Waals surface area (Å²) in [7, 11) is 0. The van der Waals surface area contributed by atoms with Gasteiger partial charge in [-0.1, -0.05) is 70.4 Å². The molecule has 170 valence electrons. The second kappa shape index (κ2) is 19.9. The molecule has 30 heavy (non-hydrogen) atoms. The van der Waals surface area contributed by atoms with E-state index >= 15 is 0 Å². The van der Waals surface area contributed by atoms with Gasteiger partial charge in [0.2, 0.25) is 0 Å². The van der Waals surface area contributed by atoms with Crippen LogP contribution in [0.1, 0.15) is 96.8 Å². The minimum Gasteiger partial charge on any atom is -0.508 e. The largest absolute Gasteiger partial charge is 0.508 e. The summed E-state index contributed by atoms with van der Waals surface area (Å²) in [5.74, 6) is -0.631. The van der Waals surface area contributed by atoms with Gasteiger partial charge in [0.15, 0.2) is 0 Å². The van der Waals surface area contributed by atoms with Crippen molar-refractivity contribution in [2.75, 3.05) is 0 Å². The lowest BCUT2D eigenvalue weighted by atomic mass is 10.1. The Morgan fingerprint density at radius 2 is 1.33 bits per heavy atom. The van der Waals surface area contributed by atoms with Gasteiger partial charge in [0.05, 0.1) is 4.92 Å². The molecule has 0 unspecified atom stereocenters. The summed E-state index contributed by atoms with van der Waals surface area (Å²) in [4.78, 5) is 19.8. The van der Waals surface area contributed by atoms with E-state index in [9.17, 15) is 14.9 Å². The van der Waals surface area contributed by atoms with Crippen LogP contribution in [0.4, 0.5) is 5.69 Å². The molecule has 0 saturated carbocycles. The molecule has 0 heterocycles. The van der Waals surface area contributed by atoms with Crippen LogP contribution in [0.5, 0.6) is 5.75 Å². The molecule has 0 aliphatic rings. The molecule has 0 bridgehead atoms. The summed E-state index contributed by atoms with van der Waals surface area (Å²) in [6, 6.07) is 5.04. The number of carbonyl (C=O) groups is 1. The zero-order valence-electron chi connectivity index (χ0n) is 18.4. The SMILES string of the molecule is CCCCCCCCC=CCCCCCCCC(=O)O.O=[N+]([O-])c1ccc(O)cc1. The standard InChI is InChI=1S/C18H34O2.C6H5NO3/c1-2-3-4-5-6-7-8-9-10-11-12-13-14-15-16-17-18(19)20;8-6-3-1-5(2-4-6)7(9)10/h9-10H,2-8,11-17H2,1H3,(H,19,20);1-4,8H. The van der Waals surface area contributed by atoms with Gasteiger partial charge >= 0.3 is 5.97 Å². The van der Waals surface area contributed by atoms with Crippen LogP contribution in [0.3, 0.4) is 0 Å². The highest BCUT2D eigenvalue weighted by Gasteiger charge is 2.01. The molecule has 0 aromatic heterocycles. The van der Waals surface area contributed by atoms with Crippen LogP contribution in [0.2, 0.25) is 0 Å². The topological polar surface area (TPSA) is 101 Å². The molecule has 0 aliphatic carbocycles. The monoisotopic (exact) mass is 421 g/mol. The molecule has 6 heteroatoms. The quantitative estimate of drug-likeness (QED) is 0.125. The number of aromatic hydroxyl groups is 1. The molecule has 0 saturated heterocycles. The number of nitro groups is 1. The van der Waals surface area contributed by atoms with Gasteiger partial charge in [0.25, 0.3) is 5.69 Å². The van der Waals surface area contributed by atoms with E-state index in [0.717, 1.165) is 12.8 Å². The Kier molecular flexibility index (Phi) is 18.4. The van der Waals surface area contributed by atoms with E-state index in [4.69, 9.17) is 10.2 Å². The summed E-state index contributed by atoms with van der Waals surface area (Å²) < 4.78 is 0. The lowest BCUT2D eigenvalue weighted by molar-refractivity contribution is -0.384. The number of carboxylic acids is 1. The maximum absolute atomic E-state index is 10.3. The highest BCUT2D eigenvalue weighted by molar-refractivity contribution is 5.66. The average Bonchev–Trinajstić information content (AvgIpc) is 2.71. The number of phenols is 1. The molecule has 0 fully saturated rings. The lowest BCUT2D eigenvalue weighted by Gasteiger charge is -1.99. The number of aliphatic carboxylic acids is 1. The fourth-order valence-electron chi connectivity index (χ4n) is 2.92. The van der Waals surface area contributed by atoms with Gasteiger partial charge in [-0.15, -0.1) is 0 Å². The number of carboxylic acid groups (broad SMARTS) is 1.